The Morgan fingerprint density at radius 3 is 2.50 bits per heavy atom. The van der Waals surface area contributed by atoms with Crippen molar-refractivity contribution in [1.82, 2.24) is 5.16 Å². The first kappa shape index (κ1) is 10.2. The maximum absolute atomic E-state index is 11.1. The van der Waals surface area contributed by atoms with Gasteiger partial charge in [-0.2, -0.15) is 10.3 Å². The molecule has 0 spiro atoms. The lowest BCUT2D eigenvalue weighted by atomic mass is 10.2. The second-order valence-corrected chi connectivity index (χ2v) is 3.29. The smallest absolute Gasteiger partial charge is 0.381 e. The Bertz CT molecular complexity index is 565. The molecule has 2 aromatic rings. The molecule has 0 aliphatic rings. The Hall–Kier alpha value is -2.37. The highest BCUT2D eigenvalue weighted by Crippen LogP contribution is 2.19. The van der Waals surface area contributed by atoms with Gasteiger partial charge in [-0.1, -0.05) is 17.7 Å². The van der Waals surface area contributed by atoms with Gasteiger partial charge in [0.25, 0.3) is 0 Å². The average molecular weight is 218 g/mol. The van der Waals surface area contributed by atoms with Crippen LogP contribution >= 0.6 is 0 Å². The van der Waals surface area contributed by atoms with E-state index in [0.717, 1.165) is 5.56 Å². The van der Waals surface area contributed by atoms with E-state index >= 15 is 0 Å². The fourth-order valence-corrected chi connectivity index (χ4v) is 1.12. The van der Waals surface area contributed by atoms with Gasteiger partial charge in [0, 0.05) is 0 Å². The number of nitrogens with zero attached hydrogens (tertiary/aromatic N) is 2. The summed E-state index contributed by atoms with van der Waals surface area (Å²) in [6, 6.07) is 7.39. The Kier molecular flexibility index (Phi) is 2.55. The van der Waals surface area contributed by atoms with E-state index in [1.807, 2.05) is 19.1 Å². The third kappa shape index (κ3) is 2.00. The highest BCUT2D eigenvalue weighted by Gasteiger charge is 2.07. The summed E-state index contributed by atoms with van der Waals surface area (Å²) in [6.07, 6.45) is 0. The number of nitrogens with two attached hydrogens (primary N) is 1. The van der Waals surface area contributed by atoms with E-state index in [0.29, 0.717) is 5.69 Å². The first-order chi connectivity index (χ1) is 7.66. The molecule has 0 bridgehead atoms. The molecule has 0 saturated carbocycles. The molecule has 1 heterocycles. The van der Waals surface area contributed by atoms with E-state index < -0.39 is 5.63 Å². The lowest BCUT2D eigenvalue weighted by Crippen LogP contribution is -1.91. The minimum absolute atomic E-state index is 0.0134. The molecule has 0 amide bonds. The first-order valence-corrected chi connectivity index (χ1v) is 4.62. The van der Waals surface area contributed by atoms with Crippen LogP contribution in [0, 0.1) is 6.92 Å². The second kappa shape index (κ2) is 4.01. The van der Waals surface area contributed by atoms with Gasteiger partial charge in [0.05, 0.1) is 5.69 Å². The van der Waals surface area contributed by atoms with Crippen LogP contribution in [0.15, 0.2) is 43.8 Å². The highest BCUT2D eigenvalue weighted by molar-refractivity contribution is 5.54. The molecule has 0 unspecified atom stereocenters. The van der Waals surface area contributed by atoms with Crippen molar-refractivity contribution in [3.8, 4) is 0 Å². The van der Waals surface area contributed by atoms with E-state index in [2.05, 4.69) is 19.9 Å². The molecule has 6 nitrogen and oxygen atoms in total. The molecule has 1 aromatic carbocycles. The molecule has 0 radical (unpaired) electrons. The van der Waals surface area contributed by atoms with Crippen LogP contribution in [0.3, 0.4) is 0 Å². The highest BCUT2D eigenvalue weighted by atomic mass is 16.5. The van der Waals surface area contributed by atoms with Gasteiger partial charge in [0.1, 0.15) is 0 Å². The molecule has 3 N–H and O–H groups in total. The summed E-state index contributed by atoms with van der Waals surface area (Å²) in [5.74, 6) is 0.0702. The summed E-state index contributed by atoms with van der Waals surface area (Å²) in [4.78, 5) is 11.1. The summed E-state index contributed by atoms with van der Waals surface area (Å²) in [5, 5.41) is 9.82. The van der Waals surface area contributed by atoms with Crippen LogP contribution in [0.1, 0.15) is 5.56 Å². The molecule has 82 valence electrons. The Morgan fingerprint density at radius 2 is 1.94 bits per heavy atom. The van der Waals surface area contributed by atoms with Crippen LogP contribution in [0.5, 0.6) is 0 Å². The predicted octanol–water partition coefficient (Wildman–Crippen LogP) is 2.27. The fraction of sp³-hybridized carbons (Fsp3) is 0.100. The monoisotopic (exact) mass is 218 g/mol. The summed E-state index contributed by atoms with van der Waals surface area (Å²) >= 11 is 0. The molecular weight excluding hydrogens is 208 g/mol. The van der Waals surface area contributed by atoms with Gasteiger partial charge >= 0.3 is 5.63 Å². The zero-order valence-electron chi connectivity index (χ0n) is 8.60. The van der Waals surface area contributed by atoms with Gasteiger partial charge in [-0.3, -0.25) is 0 Å². The lowest BCUT2D eigenvalue weighted by Gasteiger charge is -1.92. The number of hydrogen-bond donors (Lipinski definition) is 2. The molecule has 0 aliphatic carbocycles. The van der Waals surface area contributed by atoms with Gasteiger partial charge in [-0.05, 0) is 19.1 Å². The lowest BCUT2D eigenvalue weighted by molar-refractivity contribution is 0.395. The number of H-pyrrole nitrogens is 1. The average Bonchev–Trinajstić information content (AvgIpc) is 2.59. The van der Waals surface area contributed by atoms with Crippen LogP contribution in [0.2, 0.25) is 0 Å². The third-order valence-corrected chi connectivity index (χ3v) is 2.00. The Morgan fingerprint density at radius 1 is 1.25 bits per heavy atom. The number of azo groups is 1. The van der Waals surface area contributed by atoms with Crippen molar-refractivity contribution in [2.45, 2.75) is 6.92 Å². The molecule has 0 aliphatic heterocycles. The van der Waals surface area contributed by atoms with E-state index in [1.165, 1.54) is 0 Å². The second-order valence-electron chi connectivity index (χ2n) is 3.29. The molecule has 2 rings (SSSR count). The van der Waals surface area contributed by atoms with Gasteiger partial charge in [0.2, 0.25) is 5.69 Å². The van der Waals surface area contributed by atoms with E-state index in [9.17, 15) is 4.79 Å². The number of hydrogen-bond acceptors (Lipinski definition) is 5. The fourth-order valence-electron chi connectivity index (χ4n) is 1.12. The van der Waals surface area contributed by atoms with Gasteiger partial charge in [-0.15, -0.1) is 5.11 Å². The van der Waals surface area contributed by atoms with Crippen LogP contribution in [0.25, 0.3) is 0 Å². The summed E-state index contributed by atoms with van der Waals surface area (Å²) < 4.78 is 4.44. The number of aromatic nitrogens is 1. The number of aryl methyl sites for hydroxylation is 1. The van der Waals surface area contributed by atoms with E-state index in [-0.39, 0.29) is 11.5 Å². The zero-order valence-corrected chi connectivity index (χ0v) is 8.60. The van der Waals surface area contributed by atoms with Crippen molar-refractivity contribution in [3.05, 3.63) is 40.2 Å². The molecule has 0 saturated heterocycles. The summed E-state index contributed by atoms with van der Waals surface area (Å²) in [5.41, 5.74) is 6.55. The van der Waals surface area contributed by atoms with Gasteiger partial charge in [-0.25, -0.2) is 4.79 Å². The molecular formula is C10H10N4O2. The van der Waals surface area contributed by atoms with Gasteiger partial charge < -0.3 is 10.3 Å². The normalized spacial score (nSPS) is 11.1. The number of nitrogens with one attached hydrogen (secondary N) is 1. The summed E-state index contributed by atoms with van der Waals surface area (Å²) in [7, 11) is 0. The maximum Gasteiger partial charge on any atom is 0.386 e. The van der Waals surface area contributed by atoms with Crippen molar-refractivity contribution in [2.75, 3.05) is 5.73 Å². The van der Waals surface area contributed by atoms with Crippen molar-refractivity contribution in [3.63, 3.8) is 0 Å². The zero-order chi connectivity index (χ0) is 11.5. The minimum Gasteiger partial charge on any atom is -0.381 e. The van der Waals surface area contributed by atoms with Crippen LogP contribution in [0.4, 0.5) is 17.2 Å². The van der Waals surface area contributed by atoms with E-state index in [1.54, 1.807) is 12.1 Å². The van der Waals surface area contributed by atoms with Crippen molar-refractivity contribution >= 4 is 17.2 Å². The minimum atomic E-state index is -0.631. The molecule has 1 aromatic heterocycles. The predicted molar refractivity (Wildman–Crippen MR) is 59.1 cm³/mol. The number of nitrogen functional groups attached to an aromatic ring is 1. The van der Waals surface area contributed by atoms with Gasteiger partial charge in [0.15, 0.2) is 5.82 Å². The number of benzene rings is 1. The molecule has 0 fully saturated rings. The standard InChI is InChI=1S/C10H10N4O2/c1-6-2-4-7(5-3-6)12-13-8-9(11)14-16-10(8)15/h2-5,14H,11H2,1H3. The number of aromatic amines is 1. The Labute approximate surface area is 90.8 Å². The van der Waals surface area contributed by atoms with Crippen LogP contribution < -0.4 is 11.4 Å². The first-order valence-electron chi connectivity index (χ1n) is 4.62. The number of anilines is 1. The van der Waals surface area contributed by atoms with Crippen molar-refractivity contribution in [2.24, 2.45) is 10.2 Å². The molecule has 0 atom stereocenters. The van der Waals surface area contributed by atoms with Crippen molar-refractivity contribution < 1.29 is 4.52 Å². The maximum atomic E-state index is 11.1. The molecule has 16 heavy (non-hydrogen) atoms. The molecule has 6 heteroatoms. The Balaban J connectivity index is 2.28. The van der Waals surface area contributed by atoms with Crippen LogP contribution in [-0.4, -0.2) is 5.16 Å². The largest absolute Gasteiger partial charge is 0.386 e. The van der Waals surface area contributed by atoms with Crippen molar-refractivity contribution in [1.29, 1.82) is 0 Å². The van der Waals surface area contributed by atoms with Crippen LogP contribution in [-0.2, 0) is 0 Å². The van der Waals surface area contributed by atoms with E-state index in [4.69, 9.17) is 5.73 Å². The topological polar surface area (TPSA) is 96.7 Å². The SMILES string of the molecule is Cc1ccc(N=Nc2c(N)[nH]oc2=O)cc1. The third-order valence-electron chi connectivity index (χ3n) is 2.00. The number of rotatable bonds is 2. The summed E-state index contributed by atoms with van der Waals surface area (Å²) in [6.45, 7) is 1.97. The quantitative estimate of drug-likeness (QED) is 0.756.